The fourth-order valence-corrected chi connectivity index (χ4v) is 3.49. The van der Waals surface area contributed by atoms with Crippen molar-refractivity contribution >= 4 is 12.0 Å². The zero-order chi connectivity index (χ0) is 20.3. The summed E-state index contributed by atoms with van der Waals surface area (Å²) in [4.78, 5) is 28.4. The quantitative estimate of drug-likeness (QED) is 0.794. The van der Waals surface area contributed by atoms with Gasteiger partial charge >= 0.3 is 6.09 Å². The first kappa shape index (κ1) is 20.3. The summed E-state index contributed by atoms with van der Waals surface area (Å²) in [6.07, 6.45) is 0.812. The lowest BCUT2D eigenvalue weighted by Gasteiger charge is -2.35. The van der Waals surface area contributed by atoms with Gasteiger partial charge in [-0.1, -0.05) is 12.1 Å². The lowest BCUT2D eigenvalue weighted by atomic mass is 9.96. The SMILES string of the molecule is CN(CC1CCN(C(=O)OC(C)(C)C)CC1)C(=O)[C@@H]1COc2ccccc2O1. The number of carbonyl (C=O) groups is 2. The lowest BCUT2D eigenvalue weighted by Crippen LogP contribution is -2.48. The number of fused-ring (bicyclic) bond motifs is 1. The molecule has 1 atom stereocenters. The van der Waals surface area contributed by atoms with E-state index < -0.39 is 11.7 Å². The highest BCUT2D eigenvalue weighted by Crippen LogP contribution is 2.31. The molecule has 0 aliphatic carbocycles. The Balaban J connectivity index is 1.46. The van der Waals surface area contributed by atoms with E-state index in [1.165, 1.54) is 0 Å². The Kier molecular flexibility index (Phi) is 6.01. The summed E-state index contributed by atoms with van der Waals surface area (Å²) in [6, 6.07) is 7.37. The van der Waals surface area contributed by atoms with Gasteiger partial charge < -0.3 is 24.0 Å². The summed E-state index contributed by atoms with van der Waals surface area (Å²) < 4.78 is 16.9. The average Bonchev–Trinajstić information content (AvgIpc) is 2.66. The van der Waals surface area contributed by atoms with Crippen molar-refractivity contribution in [1.82, 2.24) is 9.80 Å². The molecule has 1 aromatic rings. The number of amides is 2. The molecule has 0 bridgehead atoms. The van der Waals surface area contributed by atoms with Gasteiger partial charge in [-0.2, -0.15) is 0 Å². The zero-order valence-electron chi connectivity index (χ0n) is 17.1. The van der Waals surface area contributed by atoms with Crippen LogP contribution in [0.15, 0.2) is 24.3 Å². The van der Waals surface area contributed by atoms with Gasteiger partial charge in [0.15, 0.2) is 11.5 Å². The van der Waals surface area contributed by atoms with Gasteiger partial charge in [0.1, 0.15) is 12.2 Å². The van der Waals surface area contributed by atoms with E-state index in [-0.39, 0.29) is 18.6 Å². The maximum absolute atomic E-state index is 12.7. The van der Waals surface area contributed by atoms with Gasteiger partial charge in [0.25, 0.3) is 5.91 Å². The van der Waals surface area contributed by atoms with Crippen molar-refractivity contribution in [2.45, 2.75) is 45.3 Å². The molecule has 7 heteroatoms. The molecule has 154 valence electrons. The molecular weight excluding hydrogens is 360 g/mol. The second-order valence-corrected chi connectivity index (χ2v) is 8.49. The van der Waals surface area contributed by atoms with Gasteiger partial charge in [-0.3, -0.25) is 4.79 Å². The molecule has 0 aromatic heterocycles. The summed E-state index contributed by atoms with van der Waals surface area (Å²) in [7, 11) is 1.80. The molecule has 2 aliphatic rings. The highest BCUT2D eigenvalue weighted by atomic mass is 16.6. The minimum Gasteiger partial charge on any atom is -0.485 e. The van der Waals surface area contributed by atoms with Gasteiger partial charge in [0.05, 0.1) is 0 Å². The highest BCUT2D eigenvalue weighted by Gasteiger charge is 2.32. The van der Waals surface area contributed by atoms with Crippen LogP contribution < -0.4 is 9.47 Å². The number of benzene rings is 1. The van der Waals surface area contributed by atoms with Gasteiger partial charge in [-0.15, -0.1) is 0 Å². The molecule has 28 heavy (non-hydrogen) atoms. The first-order valence-corrected chi connectivity index (χ1v) is 9.84. The topological polar surface area (TPSA) is 68.3 Å². The Morgan fingerprint density at radius 3 is 2.46 bits per heavy atom. The van der Waals surface area contributed by atoms with Crippen molar-refractivity contribution in [2.75, 3.05) is 33.3 Å². The number of likely N-dealkylation sites (tertiary alicyclic amines) is 1. The van der Waals surface area contributed by atoms with E-state index in [1.807, 2.05) is 39.0 Å². The second-order valence-electron chi connectivity index (χ2n) is 8.49. The fraction of sp³-hybridized carbons (Fsp3) is 0.619. The number of ether oxygens (including phenoxy) is 3. The van der Waals surface area contributed by atoms with Crippen LogP contribution >= 0.6 is 0 Å². The van der Waals surface area contributed by atoms with E-state index in [1.54, 1.807) is 22.9 Å². The van der Waals surface area contributed by atoms with Crippen molar-refractivity contribution in [1.29, 1.82) is 0 Å². The number of para-hydroxylation sites is 2. The van der Waals surface area contributed by atoms with Crippen molar-refractivity contribution in [2.24, 2.45) is 5.92 Å². The van der Waals surface area contributed by atoms with Gasteiger partial charge in [0, 0.05) is 26.7 Å². The van der Waals surface area contributed by atoms with Crippen LogP contribution in [0.1, 0.15) is 33.6 Å². The summed E-state index contributed by atoms with van der Waals surface area (Å²) in [5.41, 5.74) is -0.485. The first-order chi connectivity index (χ1) is 13.2. The molecule has 1 aromatic carbocycles. The van der Waals surface area contributed by atoms with Crippen molar-refractivity contribution < 1.29 is 23.8 Å². The maximum Gasteiger partial charge on any atom is 0.410 e. The Morgan fingerprint density at radius 1 is 1.18 bits per heavy atom. The lowest BCUT2D eigenvalue weighted by molar-refractivity contribution is -0.140. The highest BCUT2D eigenvalue weighted by molar-refractivity contribution is 5.81. The van der Waals surface area contributed by atoms with E-state index >= 15 is 0 Å². The zero-order valence-corrected chi connectivity index (χ0v) is 17.1. The molecule has 0 saturated carbocycles. The van der Waals surface area contributed by atoms with Crippen LogP contribution in [0.3, 0.4) is 0 Å². The average molecular weight is 390 g/mol. The number of piperidine rings is 1. The van der Waals surface area contributed by atoms with Crippen LogP contribution in [0.4, 0.5) is 4.79 Å². The summed E-state index contributed by atoms with van der Waals surface area (Å²) in [6.45, 7) is 7.77. The number of hydrogen-bond acceptors (Lipinski definition) is 5. The molecule has 2 aliphatic heterocycles. The third-order valence-electron chi connectivity index (χ3n) is 4.96. The third-order valence-corrected chi connectivity index (χ3v) is 4.96. The van der Waals surface area contributed by atoms with Crippen LogP contribution in [-0.2, 0) is 9.53 Å². The van der Waals surface area contributed by atoms with Crippen molar-refractivity contribution in [3.05, 3.63) is 24.3 Å². The van der Waals surface area contributed by atoms with Crippen LogP contribution in [-0.4, -0.2) is 66.8 Å². The van der Waals surface area contributed by atoms with Gasteiger partial charge in [0.2, 0.25) is 6.10 Å². The molecule has 3 rings (SSSR count). The predicted molar refractivity (Wildman–Crippen MR) is 105 cm³/mol. The number of rotatable bonds is 3. The largest absolute Gasteiger partial charge is 0.485 e. The Hall–Kier alpha value is -2.44. The molecular formula is C21H30N2O5. The maximum atomic E-state index is 12.7. The smallest absolute Gasteiger partial charge is 0.410 e. The number of hydrogen-bond donors (Lipinski definition) is 0. The fourth-order valence-electron chi connectivity index (χ4n) is 3.49. The summed E-state index contributed by atoms with van der Waals surface area (Å²) >= 11 is 0. The van der Waals surface area contributed by atoms with Crippen molar-refractivity contribution in [3.8, 4) is 11.5 Å². The van der Waals surface area contributed by atoms with Crippen LogP contribution in [0.25, 0.3) is 0 Å². The number of nitrogens with zero attached hydrogens (tertiary/aromatic N) is 2. The molecule has 0 spiro atoms. The molecule has 1 saturated heterocycles. The van der Waals surface area contributed by atoms with E-state index in [4.69, 9.17) is 14.2 Å². The minimum absolute atomic E-state index is 0.0796. The Morgan fingerprint density at radius 2 is 1.82 bits per heavy atom. The van der Waals surface area contributed by atoms with E-state index in [0.29, 0.717) is 37.1 Å². The Bertz CT molecular complexity index is 707. The van der Waals surface area contributed by atoms with Gasteiger partial charge in [-0.05, 0) is 51.7 Å². The van der Waals surface area contributed by atoms with Crippen LogP contribution in [0.2, 0.25) is 0 Å². The summed E-state index contributed by atoms with van der Waals surface area (Å²) in [5.74, 6) is 1.54. The number of carbonyl (C=O) groups excluding carboxylic acids is 2. The minimum atomic E-state index is -0.623. The first-order valence-electron chi connectivity index (χ1n) is 9.84. The molecule has 1 fully saturated rings. The molecule has 0 unspecified atom stereocenters. The summed E-state index contributed by atoms with van der Waals surface area (Å²) in [5, 5.41) is 0. The van der Waals surface area contributed by atoms with E-state index in [0.717, 1.165) is 12.8 Å². The van der Waals surface area contributed by atoms with E-state index in [9.17, 15) is 9.59 Å². The molecule has 7 nitrogen and oxygen atoms in total. The molecule has 0 N–H and O–H groups in total. The normalized spacial score (nSPS) is 19.9. The van der Waals surface area contributed by atoms with Crippen molar-refractivity contribution in [3.63, 3.8) is 0 Å². The van der Waals surface area contributed by atoms with Gasteiger partial charge in [-0.25, -0.2) is 4.79 Å². The monoisotopic (exact) mass is 390 g/mol. The third kappa shape index (κ3) is 5.09. The van der Waals surface area contributed by atoms with Crippen LogP contribution in [0, 0.1) is 5.92 Å². The predicted octanol–water partition coefficient (Wildman–Crippen LogP) is 2.93. The van der Waals surface area contributed by atoms with Crippen LogP contribution in [0.5, 0.6) is 11.5 Å². The molecule has 2 amide bonds. The second kappa shape index (κ2) is 8.29. The molecule has 0 radical (unpaired) electrons. The Labute approximate surface area is 166 Å². The molecule has 2 heterocycles. The van der Waals surface area contributed by atoms with E-state index in [2.05, 4.69) is 0 Å². The standard InChI is InChI=1S/C21H30N2O5/c1-21(2,3)28-20(25)23-11-9-15(10-12-23)13-22(4)19(24)18-14-26-16-7-5-6-8-17(16)27-18/h5-8,15,18H,9-14H2,1-4H3/t18-/m0/s1. The number of likely N-dealkylation sites (N-methyl/N-ethyl adjacent to an activating group) is 1.